The van der Waals surface area contributed by atoms with Crippen LogP contribution in [0.25, 0.3) is 17.0 Å². The monoisotopic (exact) mass is 300 g/mol. The van der Waals surface area contributed by atoms with Crippen LogP contribution in [-0.4, -0.2) is 42.7 Å². The molecule has 0 aliphatic rings. The molecule has 0 bridgehead atoms. The van der Waals surface area contributed by atoms with Crippen molar-refractivity contribution in [3.05, 3.63) is 30.4 Å². The number of aromatic nitrogens is 5. The van der Waals surface area contributed by atoms with E-state index in [0.717, 1.165) is 17.8 Å². The topological polar surface area (TPSA) is 111 Å². The first-order valence-electron chi connectivity index (χ1n) is 6.92. The number of nitrogen functional groups attached to an aromatic ring is 1. The van der Waals surface area contributed by atoms with Crippen LogP contribution in [0.4, 0.5) is 5.95 Å². The van der Waals surface area contributed by atoms with Gasteiger partial charge in [0.15, 0.2) is 5.65 Å². The van der Waals surface area contributed by atoms with Gasteiger partial charge in [-0.3, -0.25) is 4.40 Å². The molecule has 3 aromatic heterocycles. The van der Waals surface area contributed by atoms with Crippen LogP contribution in [0.15, 0.2) is 24.7 Å². The van der Waals surface area contributed by atoms with Gasteiger partial charge in [-0.2, -0.15) is 0 Å². The summed E-state index contributed by atoms with van der Waals surface area (Å²) < 4.78 is 7.25. The molecule has 3 N–H and O–H groups in total. The summed E-state index contributed by atoms with van der Waals surface area (Å²) in [5.41, 5.74) is 8.74. The number of fused-ring (bicyclic) bond motifs is 1. The Morgan fingerprint density at radius 2 is 2.18 bits per heavy atom. The van der Waals surface area contributed by atoms with Gasteiger partial charge in [-0.25, -0.2) is 19.9 Å². The number of aryl methyl sites for hydroxylation is 1. The van der Waals surface area contributed by atoms with Crippen molar-refractivity contribution in [3.8, 4) is 17.3 Å². The summed E-state index contributed by atoms with van der Waals surface area (Å²) >= 11 is 0. The number of nitrogens with zero attached hydrogens (tertiary/aromatic N) is 5. The first kappa shape index (κ1) is 14.2. The summed E-state index contributed by atoms with van der Waals surface area (Å²) in [5, 5.41) is 8.82. The number of aliphatic hydroxyl groups is 1. The molecule has 0 unspecified atom stereocenters. The van der Waals surface area contributed by atoms with Crippen molar-refractivity contribution in [1.29, 1.82) is 0 Å². The number of anilines is 1. The van der Waals surface area contributed by atoms with E-state index in [-0.39, 0.29) is 19.2 Å². The van der Waals surface area contributed by atoms with E-state index in [1.54, 1.807) is 24.7 Å². The first-order valence-corrected chi connectivity index (χ1v) is 6.92. The van der Waals surface area contributed by atoms with Gasteiger partial charge >= 0.3 is 0 Å². The number of imidazole rings is 1. The van der Waals surface area contributed by atoms with E-state index in [2.05, 4.69) is 19.9 Å². The maximum Gasteiger partial charge on any atom is 0.230 e. The molecule has 3 heterocycles. The number of aliphatic hydroxyl groups excluding tert-OH is 1. The largest absolute Gasteiger partial charge is 0.474 e. The van der Waals surface area contributed by atoms with Crippen LogP contribution in [0.3, 0.4) is 0 Å². The minimum atomic E-state index is -0.0598. The Morgan fingerprint density at radius 1 is 1.32 bits per heavy atom. The maximum absolute atomic E-state index is 8.82. The Kier molecular flexibility index (Phi) is 3.84. The van der Waals surface area contributed by atoms with Crippen LogP contribution in [0.2, 0.25) is 0 Å². The van der Waals surface area contributed by atoms with Gasteiger partial charge in [0.1, 0.15) is 12.3 Å². The molecule has 0 aliphatic carbocycles. The van der Waals surface area contributed by atoms with Crippen molar-refractivity contribution in [2.45, 2.75) is 13.3 Å². The van der Waals surface area contributed by atoms with E-state index in [1.807, 2.05) is 11.3 Å². The van der Waals surface area contributed by atoms with Crippen molar-refractivity contribution in [2.75, 3.05) is 18.9 Å². The fourth-order valence-corrected chi connectivity index (χ4v) is 2.26. The second-order valence-corrected chi connectivity index (χ2v) is 4.59. The first-order chi connectivity index (χ1) is 10.7. The molecular formula is C14H16N6O2. The van der Waals surface area contributed by atoms with Gasteiger partial charge in [-0.05, 0) is 12.5 Å². The molecular weight excluding hydrogens is 284 g/mol. The number of hydrogen-bond acceptors (Lipinski definition) is 7. The molecule has 8 nitrogen and oxygen atoms in total. The van der Waals surface area contributed by atoms with Crippen LogP contribution in [0.1, 0.15) is 12.6 Å². The van der Waals surface area contributed by atoms with Crippen molar-refractivity contribution < 1.29 is 9.84 Å². The highest BCUT2D eigenvalue weighted by Crippen LogP contribution is 2.24. The average Bonchev–Trinajstić information content (AvgIpc) is 2.90. The summed E-state index contributed by atoms with van der Waals surface area (Å²) in [4.78, 5) is 16.9. The summed E-state index contributed by atoms with van der Waals surface area (Å²) in [7, 11) is 0. The smallest absolute Gasteiger partial charge is 0.230 e. The lowest BCUT2D eigenvalue weighted by Gasteiger charge is -2.05. The lowest BCUT2D eigenvalue weighted by Crippen LogP contribution is -2.04. The van der Waals surface area contributed by atoms with E-state index in [0.29, 0.717) is 17.2 Å². The SMILES string of the molecule is CCc1c(-c2ccnc(N)n2)nc2cnc(OCCO)cn12. The van der Waals surface area contributed by atoms with Crippen molar-refractivity contribution in [2.24, 2.45) is 0 Å². The molecule has 0 spiro atoms. The Bertz CT molecular complexity index is 801. The Morgan fingerprint density at radius 3 is 2.91 bits per heavy atom. The van der Waals surface area contributed by atoms with Crippen molar-refractivity contribution in [3.63, 3.8) is 0 Å². The van der Waals surface area contributed by atoms with Crippen LogP contribution in [0, 0.1) is 0 Å². The minimum Gasteiger partial charge on any atom is -0.474 e. The summed E-state index contributed by atoms with van der Waals surface area (Å²) in [5.74, 6) is 0.643. The summed E-state index contributed by atoms with van der Waals surface area (Å²) in [6, 6.07) is 1.77. The molecule has 0 aromatic carbocycles. The molecule has 0 radical (unpaired) electrons. The second kappa shape index (κ2) is 5.94. The lowest BCUT2D eigenvalue weighted by molar-refractivity contribution is 0.196. The van der Waals surface area contributed by atoms with Gasteiger partial charge in [-0.15, -0.1) is 0 Å². The molecule has 0 aliphatic heterocycles. The number of nitrogens with two attached hydrogens (primary N) is 1. The highest BCUT2D eigenvalue weighted by Gasteiger charge is 2.15. The lowest BCUT2D eigenvalue weighted by atomic mass is 10.2. The molecule has 0 amide bonds. The zero-order chi connectivity index (χ0) is 15.5. The van der Waals surface area contributed by atoms with Crippen LogP contribution in [-0.2, 0) is 6.42 Å². The predicted molar refractivity (Wildman–Crippen MR) is 80.4 cm³/mol. The van der Waals surface area contributed by atoms with Crippen molar-refractivity contribution in [1.82, 2.24) is 24.3 Å². The van der Waals surface area contributed by atoms with Crippen LogP contribution < -0.4 is 10.5 Å². The fourth-order valence-electron chi connectivity index (χ4n) is 2.26. The van der Waals surface area contributed by atoms with Gasteiger partial charge in [-0.1, -0.05) is 6.92 Å². The highest BCUT2D eigenvalue weighted by molar-refractivity contribution is 5.63. The number of hydrogen-bond donors (Lipinski definition) is 2. The van der Waals surface area contributed by atoms with Gasteiger partial charge in [0.05, 0.1) is 30.4 Å². The Labute approximate surface area is 126 Å². The molecule has 3 rings (SSSR count). The normalized spacial score (nSPS) is 11.0. The third kappa shape index (κ3) is 2.56. The molecule has 114 valence electrons. The standard InChI is InChI=1S/C14H16N6O2/c1-2-10-13(9-3-4-16-14(15)18-9)19-11-7-17-12(8-20(10)11)22-6-5-21/h3-4,7-8,21H,2,5-6H2,1H3,(H2,15,16,18). The van der Waals surface area contributed by atoms with Gasteiger partial charge < -0.3 is 15.6 Å². The maximum atomic E-state index is 8.82. The third-order valence-corrected chi connectivity index (χ3v) is 3.18. The predicted octanol–water partition coefficient (Wildman–Crippen LogP) is 0.702. The zero-order valence-electron chi connectivity index (χ0n) is 12.1. The summed E-state index contributed by atoms with van der Waals surface area (Å²) in [6.45, 7) is 2.17. The van der Waals surface area contributed by atoms with Gasteiger partial charge in [0, 0.05) is 6.20 Å². The van der Waals surface area contributed by atoms with E-state index >= 15 is 0 Å². The second-order valence-electron chi connectivity index (χ2n) is 4.59. The highest BCUT2D eigenvalue weighted by atomic mass is 16.5. The van der Waals surface area contributed by atoms with Gasteiger partial charge in [0.25, 0.3) is 0 Å². The summed E-state index contributed by atoms with van der Waals surface area (Å²) in [6.07, 6.45) is 5.74. The Hall–Kier alpha value is -2.74. The Balaban J connectivity index is 2.11. The number of ether oxygens (including phenoxy) is 1. The average molecular weight is 300 g/mol. The van der Waals surface area contributed by atoms with Crippen LogP contribution >= 0.6 is 0 Å². The van der Waals surface area contributed by atoms with E-state index in [1.165, 1.54) is 0 Å². The molecule has 8 heteroatoms. The quantitative estimate of drug-likeness (QED) is 0.713. The zero-order valence-corrected chi connectivity index (χ0v) is 12.1. The van der Waals surface area contributed by atoms with Crippen molar-refractivity contribution >= 4 is 11.6 Å². The molecule has 0 saturated heterocycles. The third-order valence-electron chi connectivity index (χ3n) is 3.18. The minimum absolute atomic E-state index is 0.0598. The molecule has 3 aromatic rings. The molecule has 22 heavy (non-hydrogen) atoms. The van der Waals surface area contributed by atoms with E-state index in [4.69, 9.17) is 15.6 Å². The fraction of sp³-hybridized carbons (Fsp3) is 0.286. The van der Waals surface area contributed by atoms with E-state index in [9.17, 15) is 0 Å². The van der Waals surface area contributed by atoms with Crippen LogP contribution in [0.5, 0.6) is 5.88 Å². The molecule has 0 atom stereocenters. The van der Waals surface area contributed by atoms with Gasteiger partial charge in [0.2, 0.25) is 11.8 Å². The van der Waals surface area contributed by atoms with E-state index < -0.39 is 0 Å². The molecule has 0 fully saturated rings. The molecule has 0 saturated carbocycles. The number of rotatable bonds is 5.